The van der Waals surface area contributed by atoms with E-state index in [9.17, 15) is 4.39 Å². The second-order valence-electron chi connectivity index (χ2n) is 3.64. The molecular formula is C12H7BrFN3O. The smallest absolute Gasteiger partial charge is 0.274 e. The first-order chi connectivity index (χ1) is 8.74. The van der Waals surface area contributed by atoms with Crippen LogP contribution in [0.1, 0.15) is 0 Å². The Bertz CT molecular complexity index is 678. The molecular weight excluding hydrogens is 301 g/mol. The molecule has 0 aliphatic carbocycles. The minimum atomic E-state index is -0.327. The van der Waals surface area contributed by atoms with Gasteiger partial charge in [0.05, 0.1) is 4.47 Å². The van der Waals surface area contributed by atoms with Gasteiger partial charge in [-0.2, -0.15) is 4.98 Å². The normalized spacial score (nSPS) is 10.8. The summed E-state index contributed by atoms with van der Waals surface area (Å²) < 4.78 is 18.6. The number of hydrogen-bond donors (Lipinski definition) is 1. The van der Waals surface area contributed by atoms with Crippen molar-refractivity contribution in [3.63, 3.8) is 0 Å². The van der Waals surface area contributed by atoms with Gasteiger partial charge in [0.25, 0.3) is 5.89 Å². The van der Waals surface area contributed by atoms with Crippen LogP contribution in [-0.4, -0.2) is 15.1 Å². The molecule has 0 saturated heterocycles. The maximum atomic E-state index is 13.1. The topological polar surface area (TPSA) is 54.7 Å². The molecule has 0 radical (unpaired) electrons. The van der Waals surface area contributed by atoms with Gasteiger partial charge in [0.15, 0.2) is 0 Å². The Labute approximate surface area is 110 Å². The Morgan fingerprint density at radius 1 is 1.28 bits per heavy atom. The predicted molar refractivity (Wildman–Crippen MR) is 67.2 cm³/mol. The van der Waals surface area contributed by atoms with Crippen LogP contribution < -0.4 is 0 Å². The quantitative estimate of drug-likeness (QED) is 0.786. The van der Waals surface area contributed by atoms with Gasteiger partial charge in [0.1, 0.15) is 11.5 Å². The van der Waals surface area contributed by atoms with Crippen LogP contribution in [0.5, 0.6) is 0 Å². The van der Waals surface area contributed by atoms with Gasteiger partial charge in [0, 0.05) is 11.8 Å². The SMILES string of the molecule is Fc1ccc(-c2noc(-c3ccc[nH]3)n2)cc1Br. The predicted octanol–water partition coefficient (Wildman–Crippen LogP) is 3.63. The van der Waals surface area contributed by atoms with Gasteiger partial charge in [-0.1, -0.05) is 5.16 Å². The summed E-state index contributed by atoms with van der Waals surface area (Å²) in [6, 6.07) is 8.23. The van der Waals surface area contributed by atoms with Gasteiger partial charge >= 0.3 is 0 Å². The van der Waals surface area contributed by atoms with Crippen LogP contribution in [0.4, 0.5) is 4.39 Å². The second-order valence-corrected chi connectivity index (χ2v) is 4.49. The first-order valence-electron chi connectivity index (χ1n) is 5.17. The highest BCUT2D eigenvalue weighted by molar-refractivity contribution is 9.10. The van der Waals surface area contributed by atoms with E-state index in [0.717, 1.165) is 5.69 Å². The van der Waals surface area contributed by atoms with Gasteiger partial charge in [-0.05, 0) is 46.3 Å². The molecule has 3 rings (SSSR count). The molecule has 4 nitrogen and oxygen atoms in total. The van der Waals surface area contributed by atoms with Gasteiger partial charge < -0.3 is 9.51 Å². The first kappa shape index (κ1) is 11.2. The van der Waals surface area contributed by atoms with Crippen molar-refractivity contribution in [2.45, 2.75) is 0 Å². The fourth-order valence-electron chi connectivity index (χ4n) is 1.55. The lowest BCUT2D eigenvalue weighted by Crippen LogP contribution is -1.83. The van der Waals surface area contributed by atoms with Crippen LogP contribution >= 0.6 is 15.9 Å². The van der Waals surface area contributed by atoms with E-state index in [0.29, 0.717) is 21.8 Å². The van der Waals surface area contributed by atoms with Crippen molar-refractivity contribution >= 4 is 15.9 Å². The Balaban J connectivity index is 2.00. The molecule has 1 N–H and O–H groups in total. The third-order valence-electron chi connectivity index (χ3n) is 2.43. The van der Waals surface area contributed by atoms with Crippen molar-refractivity contribution in [2.24, 2.45) is 0 Å². The summed E-state index contributed by atoms with van der Waals surface area (Å²) in [5.74, 6) is 0.489. The number of nitrogens with one attached hydrogen (secondary N) is 1. The molecule has 0 bridgehead atoms. The van der Waals surface area contributed by atoms with Crippen molar-refractivity contribution in [2.75, 3.05) is 0 Å². The third-order valence-corrected chi connectivity index (χ3v) is 3.04. The number of aromatic nitrogens is 3. The van der Waals surface area contributed by atoms with Crippen molar-refractivity contribution in [1.82, 2.24) is 15.1 Å². The highest BCUT2D eigenvalue weighted by Crippen LogP contribution is 2.25. The van der Waals surface area contributed by atoms with Crippen molar-refractivity contribution in [1.29, 1.82) is 0 Å². The summed E-state index contributed by atoms with van der Waals surface area (Å²) in [5.41, 5.74) is 1.43. The van der Waals surface area contributed by atoms with Crippen molar-refractivity contribution in [3.05, 3.63) is 46.8 Å². The number of hydrogen-bond acceptors (Lipinski definition) is 3. The lowest BCUT2D eigenvalue weighted by molar-refractivity contribution is 0.431. The second kappa shape index (κ2) is 4.38. The minimum absolute atomic E-state index is 0.327. The zero-order valence-electron chi connectivity index (χ0n) is 9.02. The largest absolute Gasteiger partial charge is 0.357 e. The lowest BCUT2D eigenvalue weighted by Gasteiger charge is -1.96. The molecule has 0 saturated carbocycles. The number of aromatic amines is 1. The van der Waals surface area contributed by atoms with Crippen LogP contribution in [0.15, 0.2) is 45.5 Å². The summed E-state index contributed by atoms with van der Waals surface area (Å²) in [6.07, 6.45) is 1.77. The van der Waals surface area contributed by atoms with E-state index in [-0.39, 0.29) is 5.82 Å². The average molecular weight is 308 g/mol. The molecule has 6 heteroatoms. The van der Waals surface area contributed by atoms with Crippen molar-refractivity contribution < 1.29 is 8.91 Å². The zero-order chi connectivity index (χ0) is 12.5. The monoisotopic (exact) mass is 307 g/mol. The van der Waals surface area contributed by atoms with Gasteiger partial charge in [0.2, 0.25) is 5.82 Å². The molecule has 0 aliphatic rings. The number of benzene rings is 1. The molecule has 0 aliphatic heterocycles. The van der Waals surface area contributed by atoms with Crippen LogP contribution in [0.2, 0.25) is 0 Å². The summed E-state index contributed by atoms with van der Waals surface area (Å²) in [7, 11) is 0. The van der Waals surface area contributed by atoms with E-state index in [1.165, 1.54) is 6.07 Å². The number of rotatable bonds is 2. The van der Waals surface area contributed by atoms with Crippen LogP contribution in [0, 0.1) is 5.82 Å². The van der Waals surface area contributed by atoms with E-state index in [2.05, 4.69) is 31.1 Å². The Morgan fingerprint density at radius 3 is 2.89 bits per heavy atom. The van der Waals surface area contributed by atoms with Crippen LogP contribution in [-0.2, 0) is 0 Å². The van der Waals surface area contributed by atoms with Crippen LogP contribution in [0.3, 0.4) is 0 Å². The standard InChI is InChI=1S/C12H7BrFN3O/c13-8-6-7(3-4-9(8)14)11-16-12(18-17-11)10-2-1-5-15-10/h1-6,15H. The van der Waals surface area contributed by atoms with E-state index in [4.69, 9.17) is 4.52 Å². The molecule has 0 spiro atoms. The molecule has 3 aromatic rings. The maximum Gasteiger partial charge on any atom is 0.274 e. The molecule has 90 valence electrons. The van der Waals surface area contributed by atoms with E-state index in [1.54, 1.807) is 18.3 Å². The number of H-pyrrole nitrogens is 1. The fraction of sp³-hybridized carbons (Fsp3) is 0. The molecule has 0 atom stereocenters. The molecule has 0 unspecified atom stereocenters. The fourth-order valence-corrected chi connectivity index (χ4v) is 1.93. The minimum Gasteiger partial charge on any atom is -0.357 e. The molecule has 0 fully saturated rings. The summed E-state index contributed by atoms with van der Waals surface area (Å²) in [5, 5.41) is 3.86. The highest BCUT2D eigenvalue weighted by atomic mass is 79.9. The maximum absolute atomic E-state index is 13.1. The summed E-state index contributed by atoms with van der Waals surface area (Å²) in [6.45, 7) is 0. The Hall–Kier alpha value is -1.95. The Morgan fingerprint density at radius 2 is 2.17 bits per heavy atom. The number of nitrogens with zero attached hydrogens (tertiary/aromatic N) is 2. The highest BCUT2D eigenvalue weighted by Gasteiger charge is 2.12. The van der Waals surface area contributed by atoms with Gasteiger partial charge in [-0.25, -0.2) is 4.39 Å². The lowest BCUT2D eigenvalue weighted by atomic mass is 10.2. The molecule has 18 heavy (non-hydrogen) atoms. The average Bonchev–Trinajstić information content (AvgIpc) is 3.01. The zero-order valence-corrected chi connectivity index (χ0v) is 10.6. The number of halogens is 2. The Kier molecular flexibility index (Phi) is 2.71. The third kappa shape index (κ3) is 1.95. The van der Waals surface area contributed by atoms with Gasteiger partial charge in [-0.3, -0.25) is 0 Å². The molecule has 2 aromatic heterocycles. The van der Waals surface area contributed by atoms with Gasteiger partial charge in [-0.15, -0.1) is 0 Å². The van der Waals surface area contributed by atoms with E-state index < -0.39 is 0 Å². The molecule has 0 amide bonds. The summed E-state index contributed by atoms with van der Waals surface area (Å²) in [4.78, 5) is 7.21. The van der Waals surface area contributed by atoms with E-state index >= 15 is 0 Å². The summed E-state index contributed by atoms with van der Waals surface area (Å²) >= 11 is 3.12. The van der Waals surface area contributed by atoms with Crippen molar-refractivity contribution in [3.8, 4) is 23.0 Å². The molecule has 2 heterocycles. The van der Waals surface area contributed by atoms with Crippen LogP contribution in [0.25, 0.3) is 23.0 Å². The molecule has 1 aromatic carbocycles. The first-order valence-corrected chi connectivity index (χ1v) is 5.96. The van der Waals surface area contributed by atoms with E-state index in [1.807, 2.05) is 12.1 Å².